The van der Waals surface area contributed by atoms with Crippen LogP contribution in [0.4, 0.5) is 10.4 Å². The molecule has 1 heterocycles. The van der Waals surface area contributed by atoms with Gasteiger partial charge in [-0.15, -0.1) is 5.10 Å². The molecule has 0 saturated heterocycles. The van der Waals surface area contributed by atoms with E-state index < -0.39 is 28.9 Å². The number of alkyl halides is 1. The Morgan fingerprint density at radius 3 is 2.31 bits per heavy atom. The topological polar surface area (TPSA) is 123 Å². The van der Waals surface area contributed by atoms with E-state index in [9.17, 15) is 23.9 Å². The third-order valence-electron chi connectivity index (χ3n) is 17.3. The fourth-order valence-electron chi connectivity index (χ4n) is 13.8. The molecular weight excluding hydrogens is 746 g/mol. The molecule has 0 bridgehead atoms. The summed E-state index contributed by atoms with van der Waals surface area (Å²) in [6, 6.07) is 0.404. The lowest BCUT2D eigenvalue weighted by Gasteiger charge is -2.72. The molecule has 0 radical (unpaired) electrons. The van der Waals surface area contributed by atoms with E-state index in [0.29, 0.717) is 43.1 Å². The summed E-state index contributed by atoms with van der Waals surface area (Å²) in [4.78, 5) is 41.4. The highest BCUT2D eigenvalue weighted by molar-refractivity contribution is 6.01. The second-order valence-electron chi connectivity index (χ2n) is 23.1. The van der Waals surface area contributed by atoms with Crippen LogP contribution >= 0.6 is 0 Å². The summed E-state index contributed by atoms with van der Waals surface area (Å²) in [7, 11) is 0. The Hall–Kier alpha value is -3.30. The van der Waals surface area contributed by atoms with Gasteiger partial charge < -0.3 is 14.3 Å². The van der Waals surface area contributed by atoms with Crippen LogP contribution in [-0.4, -0.2) is 51.8 Å². The Morgan fingerprint density at radius 1 is 0.966 bits per heavy atom. The van der Waals surface area contributed by atoms with E-state index in [1.807, 2.05) is 17.1 Å². The number of carboxylic acid groups (broad SMARTS) is 1. The van der Waals surface area contributed by atoms with Crippen LogP contribution in [0.2, 0.25) is 0 Å². The molecule has 326 valence electrons. The van der Waals surface area contributed by atoms with Gasteiger partial charge in [-0.05, 0) is 140 Å². The molecule has 0 aromatic carbocycles. The number of carboxylic acids is 1. The van der Waals surface area contributed by atoms with Crippen LogP contribution in [-0.2, 0) is 24.5 Å². The highest BCUT2D eigenvalue weighted by atomic mass is 19.1. The minimum absolute atomic E-state index is 0.0109. The van der Waals surface area contributed by atoms with E-state index in [-0.39, 0.29) is 57.2 Å². The number of hydrogen-bond donors (Lipinski definition) is 1. The van der Waals surface area contributed by atoms with E-state index in [1.165, 1.54) is 5.57 Å². The molecule has 9 nitrogen and oxygen atoms in total. The largest absolute Gasteiger partial charge is 0.481 e. The van der Waals surface area contributed by atoms with Gasteiger partial charge in [0.25, 0.3) is 0 Å². The maximum atomic E-state index is 14.4. The van der Waals surface area contributed by atoms with Gasteiger partial charge in [0.1, 0.15) is 12.3 Å². The van der Waals surface area contributed by atoms with Gasteiger partial charge in [-0.3, -0.25) is 19.3 Å². The molecule has 6 aliphatic carbocycles. The maximum absolute atomic E-state index is 14.4. The van der Waals surface area contributed by atoms with Gasteiger partial charge in [-0.25, -0.2) is 4.39 Å². The van der Waals surface area contributed by atoms with Gasteiger partial charge in [0.15, 0.2) is 5.78 Å². The molecule has 4 saturated carbocycles. The zero-order valence-electron chi connectivity index (χ0n) is 38.1. The Balaban J connectivity index is 1.20. The molecular formula is C49H72FN3O6. The van der Waals surface area contributed by atoms with Crippen molar-refractivity contribution in [2.75, 3.05) is 11.4 Å². The number of allylic oxidation sites excluding steroid dienone is 5. The molecule has 1 aromatic rings. The maximum Gasteiger partial charge on any atom is 0.322 e. The van der Waals surface area contributed by atoms with Crippen LogP contribution in [0, 0.1) is 56.2 Å². The van der Waals surface area contributed by atoms with E-state index in [0.717, 1.165) is 69.1 Å². The van der Waals surface area contributed by atoms with Gasteiger partial charge in [0.2, 0.25) is 5.89 Å². The van der Waals surface area contributed by atoms with Crippen molar-refractivity contribution in [3.63, 3.8) is 0 Å². The van der Waals surface area contributed by atoms with Crippen LogP contribution in [0.5, 0.6) is 0 Å². The van der Waals surface area contributed by atoms with Crippen LogP contribution in [0.15, 0.2) is 39.5 Å². The number of anilines is 1. The Kier molecular flexibility index (Phi) is 10.9. The number of carbonyl (C=O) groups excluding carboxylic acids is 2. The Labute approximate surface area is 352 Å². The van der Waals surface area contributed by atoms with Crippen molar-refractivity contribution in [2.24, 2.45) is 56.2 Å². The number of aliphatic carboxylic acids is 1. The monoisotopic (exact) mass is 818 g/mol. The van der Waals surface area contributed by atoms with Crippen molar-refractivity contribution in [1.29, 1.82) is 0 Å². The number of rotatable bonds is 10. The van der Waals surface area contributed by atoms with Gasteiger partial charge in [-0.1, -0.05) is 80.4 Å². The first-order valence-electron chi connectivity index (χ1n) is 22.7. The summed E-state index contributed by atoms with van der Waals surface area (Å²) in [6.07, 6.45) is 13.0. The van der Waals surface area contributed by atoms with Crippen molar-refractivity contribution >= 4 is 23.7 Å². The Bertz CT molecular complexity index is 1950. The molecule has 0 aliphatic heterocycles. The van der Waals surface area contributed by atoms with Crippen molar-refractivity contribution in [2.45, 2.75) is 178 Å². The third-order valence-corrected chi connectivity index (χ3v) is 17.3. The standard InChI is InChI=1S/C49H72FN3O6/c1-29(2)38-33(54)27-49(40-51-52-42(59-40)53(26-25-43(3,4)5)31-15-13-30(50)14-16-31)24-23-47(11)32(39(38)49)17-18-35-46(10)21-20-36(58-37(55)28-44(6,7)41(56)57)45(8,9)34(46)19-22-48(35,47)12/h13,15-16,29-30,32,34-36H,14,17-28H2,1-12H3,(H,56,57). The zero-order chi connectivity index (χ0) is 43.3. The van der Waals surface area contributed by atoms with Gasteiger partial charge >= 0.3 is 18.0 Å². The number of Topliss-reactive ketones (excluding diaryl/α,β-unsaturated/α-hetero) is 1. The number of halogens is 1. The summed E-state index contributed by atoms with van der Waals surface area (Å²) >= 11 is 0. The van der Waals surface area contributed by atoms with E-state index in [2.05, 4.69) is 69.2 Å². The van der Waals surface area contributed by atoms with E-state index in [4.69, 9.17) is 19.4 Å². The van der Waals surface area contributed by atoms with Gasteiger partial charge in [0.05, 0.1) is 17.3 Å². The Morgan fingerprint density at radius 2 is 1.68 bits per heavy atom. The predicted octanol–water partition coefficient (Wildman–Crippen LogP) is 11.1. The lowest BCUT2D eigenvalue weighted by molar-refractivity contribution is -0.232. The molecule has 4 fully saturated rings. The first-order valence-corrected chi connectivity index (χ1v) is 22.7. The smallest absolute Gasteiger partial charge is 0.322 e. The number of hydrogen-bond acceptors (Lipinski definition) is 8. The van der Waals surface area contributed by atoms with E-state index in [1.54, 1.807) is 19.9 Å². The molecule has 0 spiro atoms. The number of esters is 1. The highest BCUT2D eigenvalue weighted by Gasteiger charge is 2.71. The van der Waals surface area contributed by atoms with Crippen molar-refractivity contribution in [1.82, 2.24) is 10.2 Å². The SMILES string of the molecule is CC(C)C1=C2C3CCC4C5(C)CCC(OC(=O)CC(C)(C)C(=O)O)C(C)(C)C5CCC4(C)C3(C)CCC2(c2nnc(N(CCC(C)(C)C)C3=CCC(F)C=C3)o2)CC1=O. The second kappa shape index (κ2) is 14.7. The quantitative estimate of drug-likeness (QED) is 0.230. The number of carbonyl (C=O) groups is 3. The number of ketones is 1. The van der Waals surface area contributed by atoms with Crippen molar-refractivity contribution in [3.05, 3.63) is 41.0 Å². The van der Waals surface area contributed by atoms with Crippen LogP contribution in [0.3, 0.4) is 0 Å². The van der Waals surface area contributed by atoms with Crippen LogP contribution < -0.4 is 4.90 Å². The molecule has 59 heavy (non-hydrogen) atoms. The lowest BCUT2D eigenvalue weighted by Crippen LogP contribution is -2.66. The average Bonchev–Trinajstić information content (AvgIpc) is 3.73. The highest BCUT2D eigenvalue weighted by Crippen LogP contribution is 2.77. The lowest BCUT2D eigenvalue weighted by atomic mass is 9.33. The first kappa shape index (κ1) is 43.8. The zero-order valence-corrected chi connectivity index (χ0v) is 38.1. The molecule has 10 heteroatoms. The summed E-state index contributed by atoms with van der Waals surface area (Å²) in [5.74, 6) is 0.389. The molecule has 1 N–H and O–H groups in total. The van der Waals surface area contributed by atoms with Gasteiger partial charge in [0, 0.05) is 30.5 Å². The van der Waals surface area contributed by atoms with Crippen LogP contribution in [0.25, 0.3) is 0 Å². The summed E-state index contributed by atoms with van der Waals surface area (Å²) in [6.45, 7) is 26.9. The summed E-state index contributed by atoms with van der Waals surface area (Å²) < 4.78 is 27.2. The number of nitrogens with zero attached hydrogens (tertiary/aromatic N) is 3. The minimum Gasteiger partial charge on any atom is -0.481 e. The number of fused-ring (bicyclic) bond motifs is 7. The minimum atomic E-state index is -1.18. The molecule has 7 rings (SSSR count). The van der Waals surface area contributed by atoms with Crippen molar-refractivity contribution < 1.29 is 33.0 Å². The third kappa shape index (κ3) is 7.06. The van der Waals surface area contributed by atoms with Gasteiger partial charge in [-0.2, -0.15) is 0 Å². The average molecular weight is 818 g/mol. The van der Waals surface area contributed by atoms with Crippen LogP contribution in [0.1, 0.15) is 166 Å². The first-order chi connectivity index (χ1) is 27.3. The number of ether oxygens (including phenoxy) is 1. The number of aromatic nitrogens is 2. The fraction of sp³-hybridized carbons (Fsp3) is 0.776. The van der Waals surface area contributed by atoms with Crippen molar-refractivity contribution in [3.8, 4) is 0 Å². The normalized spacial score (nSPS) is 36.7. The molecule has 9 unspecified atom stereocenters. The van der Waals surface area contributed by atoms with E-state index >= 15 is 0 Å². The fourth-order valence-corrected chi connectivity index (χ4v) is 13.8. The molecule has 0 amide bonds. The second-order valence-corrected chi connectivity index (χ2v) is 23.1. The predicted molar refractivity (Wildman–Crippen MR) is 227 cm³/mol. The molecule has 6 aliphatic rings. The summed E-state index contributed by atoms with van der Waals surface area (Å²) in [5.41, 5.74) is 1.03. The summed E-state index contributed by atoms with van der Waals surface area (Å²) in [5, 5.41) is 19.2. The molecule has 9 atom stereocenters. The molecule has 1 aromatic heterocycles.